The Kier molecular flexibility index (Phi) is 3.65. The Bertz CT molecular complexity index is 881. The van der Waals surface area contributed by atoms with E-state index < -0.39 is 17.7 Å². The largest absolute Gasteiger partial charge is 0.444 e. The van der Waals surface area contributed by atoms with Crippen molar-refractivity contribution in [3.05, 3.63) is 71.9 Å². The number of aromatic nitrogens is 1. The number of halogens is 2. The summed E-state index contributed by atoms with van der Waals surface area (Å²) in [5.74, 6) is -1.14. The fourth-order valence-electron chi connectivity index (χ4n) is 2.18. The Hall–Kier alpha value is -3.02. The predicted molar refractivity (Wildman–Crippen MR) is 81.2 cm³/mol. The minimum Gasteiger partial charge on any atom is -0.427 e. The van der Waals surface area contributed by atoms with Gasteiger partial charge in [-0.3, -0.25) is 4.79 Å². The summed E-state index contributed by atoms with van der Waals surface area (Å²) in [6.45, 7) is 0. The number of nitrogens with zero attached hydrogens (tertiary/aromatic N) is 1. The number of pyridine rings is 1. The van der Waals surface area contributed by atoms with Gasteiger partial charge >= 0.3 is 6.11 Å². The molecule has 4 nitrogen and oxygen atoms in total. The molecule has 1 heterocycles. The molecule has 2 N–H and O–H groups in total. The number of ether oxygens (including phenoxy) is 1. The predicted octanol–water partition coefficient (Wildman–Crippen LogP) is 3.46. The van der Waals surface area contributed by atoms with Crippen LogP contribution in [0.1, 0.15) is 16.1 Å². The Balaban J connectivity index is 1.99. The lowest BCUT2D eigenvalue weighted by Crippen LogP contribution is -2.25. The lowest BCUT2D eigenvalue weighted by molar-refractivity contribution is -0.188. The van der Waals surface area contributed by atoms with E-state index in [9.17, 15) is 13.6 Å². The van der Waals surface area contributed by atoms with Gasteiger partial charge in [0.15, 0.2) is 5.69 Å². The van der Waals surface area contributed by atoms with Gasteiger partial charge in [-0.2, -0.15) is 8.78 Å². The highest BCUT2D eigenvalue weighted by Crippen LogP contribution is 2.32. The topological polar surface area (TPSA) is 65.2 Å². The molecule has 0 radical (unpaired) electrons. The maximum atomic E-state index is 14.4. The van der Waals surface area contributed by atoms with E-state index in [1.54, 1.807) is 24.3 Å². The smallest absolute Gasteiger partial charge is 0.427 e. The van der Waals surface area contributed by atoms with Crippen LogP contribution in [0.25, 0.3) is 10.9 Å². The van der Waals surface area contributed by atoms with E-state index in [1.165, 1.54) is 36.4 Å². The van der Waals surface area contributed by atoms with E-state index in [0.717, 1.165) is 5.39 Å². The first-order valence-electron chi connectivity index (χ1n) is 6.79. The highest BCUT2D eigenvalue weighted by Gasteiger charge is 2.37. The van der Waals surface area contributed by atoms with Gasteiger partial charge in [-0.1, -0.05) is 36.4 Å². The highest BCUT2D eigenvalue weighted by atomic mass is 19.3. The molecular weight excluding hydrogens is 302 g/mol. The number of primary amides is 1. The van der Waals surface area contributed by atoms with Crippen molar-refractivity contribution >= 4 is 16.8 Å². The van der Waals surface area contributed by atoms with E-state index in [0.29, 0.717) is 5.52 Å². The van der Waals surface area contributed by atoms with Crippen molar-refractivity contribution in [2.75, 3.05) is 0 Å². The Morgan fingerprint density at radius 1 is 1.00 bits per heavy atom. The molecule has 3 rings (SSSR count). The zero-order valence-corrected chi connectivity index (χ0v) is 11.9. The number of hydrogen-bond acceptors (Lipinski definition) is 3. The molecule has 116 valence electrons. The van der Waals surface area contributed by atoms with Crippen molar-refractivity contribution in [1.29, 1.82) is 0 Å². The van der Waals surface area contributed by atoms with Crippen molar-refractivity contribution in [3.63, 3.8) is 0 Å². The molecule has 0 saturated heterocycles. The molecule has 6 heteroatoms. The Morgan fingerprint density at radius 3 is 2.48 bits per heavy atom. The summed E-state index contributed by atoms with van der Waals surface area (Å²) in [6, 6.07) is 15.2. The number of rotatable bonds is 4. The van der Waals surface area contributed by atoms with Gasteiger partial charge in [-0.25, -0.2) is 4.98 Å². The molecule has 1 aromatic heterocycles. The van der Waals surface area contributed by atoms with E-state index in [1.807, 2.05) is 0 Å². The molecule has 0 aliphatic carbocycles. The molecule has 0 saturated carbocycles. The normalized spacial score (nSPS) is 11.4. The minimum absolute atomic E-state index is 0.118. The molecule has 0 aliphatic rings. The summed E-state index contributed by atoms with van der Waals surface area (Å²) in [5, 5.41) is 0.740. The van der Waals surface area contributed by atoms with Crippen LogP contribution in [-0.4, -0.2) is 10.9 Å². The van der Waals surface area contributed by atoms with Crippen LogP contribution in [0.2, 0.25) is 0 Å². The fraction of sp³-hybridized carbons (Fsp3) is 0.0588. The maximum Gasteiger partial charge on any atom is 0.444 e. The summed E-state index contributed by atoms with van der Waals surface area (Å²) in [5.41, 5.74) is 4.93. The molecule has 0 bridgehead atoms. The van der Waals surface area contributed by atoms with Gasteiger partial charge in [0.05, 0.1) is 11.1 Å². The Labute approximate surface area is 130 Å². The third kappa shape index (κ3) is 2.96. The summed E-state index contributed by atoms with van der Waals surface area (Å²) in [6.07, 6.45) is -3.70. The summed E-state index contributed by atoms with van der Waals surface area (Å²) < 4.78 is 33.5. The lowest BCUT2D eigenvalue weighted by Gasteiger charge is -2.19. The molecular formula is C17H12F2N2O2. The first kappa shape index (κ1) is 14.9. The molecule has 0 atom stereocenters. The number of nitrogens with two attached hydrogens (primary N) is 1. The van der Waals surface area contributed by atoms with Crippen molar-refractivity contribution < 1.29 is 18.3 Å². The standard InChI is InChI=1S/C17H12F2N2O2/c18-17(19,23-14-8-4-2-6-12(14)16(20)22)15-10-9-11-5-1-3-7-13(11)21-15/h1-10H,(H2,20,22). The third-order valence-corrected chi connectivity index (χ3v) is 3.29. The average Bonchev–Trinajstić information content (AvgIpc) is 2.54. The zero-order valence-electron chi connectivity index (χ0n) is 11.9. The first-order chi connectivity index (χ1) is 11.0. The summed E-state index contributed by atoms with van der Waals surface area (Å²) in [4.78, 5) is 15.2. The van der Waals surface area contributed by atoms with Crippen LogP contribution < -0.4 is 10.5 Å². The zero-order chi connectivity index (χ0) is 16.4. The first-order valence-corrected chi connectivity index (χ1v) is 6.79. The number of carbonyl (C=O) groups excluding carboxylic acids is 1. The van der Waals surface area contributed by atoms with Gasteiger partial charge in [-0.15, -0.1) is 0 Å². The van der Waals surface area contributed by atoms with Crippen molar-refractivity contribution in [3.8, 4) is 5.75 Å². The second-order valence-corrected chi connectivity index (χ2v) is 4.87. The van der Waals surface area contributed by atoms with Gasteiger partial charge in [0.2, 0.25) is 0 Å². The van der Waals surface area contributed by atoms with Crippen molar-refractivity contribution in [2.24, 2.45) is 5.73 Å². The molecule has 2 aromatic carbocycles. The molecule has 0 unspecified atom stereocenters. The number of fused-ring (bicyclic) bond motifs is 1. The maximum absolute atomic E-state index is 14.4. The van der Waals surface area contributed by atoms with Gasteiger partial charge < -0.3 is 10.5 Å². The quantitative estimate of drug-likeness (QED) is 0.802. The van der Waals surface area contributed by atoms with Crippen LogP contribution in [0.5, 0.6) is 5.75 Å². The number of para-hydroxylation sites is 2. The number of carbonyl (C=O) groups is 1. The second-order valence-electron chi connectivity index (χ2n) is 4.87. The third-order valence-electron chi connectivity index (χ3n) is 3.29. The summed E-state index contributed by atoms with van der Waals surface area (Å²) >= 11 is 0. The van der Waals surface area contributed by atoms with E-state index in [2.05, 4.69) is 4.98 Å². The SMILES string of the molecule is NC(=O)c1ccccc1OC(F)(F)c1ccc2ccccc2n1. The van der Waals surface area contributed by atoms with E-state index in [4.69, 9.17) is 10.5 Å². The molecule has 23 heavy (non-hydrogen) atoms. The fourth-order valence-corrected chi connectivity index (χ4v) is 2.18. The van der Waals surface area contributed by atoms with Crippen LogP contribution in [0, 0.1) is 0 Å². The van der Waals surface area contributed by atoms with Crippen LogP contribution in [0.15, 0.2) is 60.7 Å². The monoisotopic (exact) mass is 314 g/mol. The Morgan fingerprint density at radius 2 is 1.70 bits per heavy atom. The van der Waals surface area contributed by atoms with Gasteiger partial charge in [0.25, 0.3) is 5.91 Å². The molecule has 0 aliphatic heterocycles. The van der Waals surface area contributed by atoms with Gasteiger partial charge in [0.1, 0.15) is 5.75 Å². The van der Waals surface area contributed by atoms with E-state index >= 15 is 0 Å². The van der Waals surface area contributed by atoms with Crippen LogP contribution >= 0.6 is 0 Å². The highest BCUT2D eigenvalue weighted by molar-refractivity contribution is 5.95. The average molecular weight is 314 g/mol. The molecule has 1 amide bonds. The van der Waals surface area contributed by atoms with Crippen LogP contribution in [0.4, 0.5) is 8.78 Å². The molecule has 3 aromatic rings. The number of benzene rings is 2. The molecule has 0 spiro atoms. The van der Waals surface area contributed by atoms with Gasteiger partial charge in [0, 0.05) is 5.39 Å². The van der Waals surface area contributed by atoms with Crippen molar-refractivity contribution in [2.45, 2.75) is 6.11 Å². The van der Waals surface area contributed by atoms with Crippen LogP contribution in [0.3, 0.4) is 0 Å². The van der Waals surface area contributed by atoms with Gasteiger partial charge in [-0.05, 0) is 24.3 Å². The second kappa shape index (κ2) is 5.64. The van der Waals surface area contributed by atoms with E-state index in [-0.39, 0.29) is 11.3 Å². The van der Waals surface area contributed by atoms with Crippen molar-refractivity contribution in [1.82, 2.24) is 4.98 Å². The minimum atomic E-state index is -3.70. The molecule has 0 fully saturated rings. The number of hydrogen-bond donors (Lipinski definition) is 1. The van der Waals surface area contributed by atoms with Crippen LogP contribution in [-0.2, 0) is 6.11 Å². The lowest BCUT2D eigenvalue weighted by atomic mass is 10.2. The number of alkyl halides is 2. The summed E-state index contributed by atoms with van der Waals surface area (Å²) in [7, 11) is 0. The number of amides is 1.